The molecule has 0 aliphatic carbocycles. The highest BCUT2D eigenvalue weighted by Crippen LogP contribution is 2.33. The quantitative estimate of drug-likeness (QED) is 0.826. The van der Waals surface area contributed by atoms with Gasteiger partial charge in [-0.25, -0.2) is 0 Å². The van der Waals surface area contributed by atoms with Gasteiger partial charge in [0.05, 0.1) is 19.3 Å². The molecule has 0 amide bonds. The lowest BCUT2D eigenvalue weighted by molar-refractivity contribution is 0.0910. The molecule has 0 aromatic heterocycles. The summed E-state index contributed by atoms with van der Waals surface area (Å²) in [7, 11) is 3.28. The zero-order chi connectivity index (χ0) is 12.8. The summed E-state index contributed by atoms with van der Waals surface area (Å²) in [6, 6.07) is 5.52. The fraction of sp³-hybridized carbons (Fsp3) is 0.538. The molecule has 0 radical (unpaired) electrons. The van der Waals surface area contributed by atoms with E-state index in [1.807, 2.05) is 32.0 Å². The van der Waals surface area contributed by atoms with Crippen molar-refractivity contribution in [2.75, 3.05) is 20.8 Å². The molecule has 0 fully saturated rings. The van der Waals surface area contributed by atoms with Crippen molar-refractivity contribution in [1.29, 1.82) is 0 Å². The Labute approximate surface area is 103 Å². The summed E-state index contributed by atoms with van der Waals surface area (Å²) >= 11 is 0. The molecule has 2 N–H and O–H groups in total. The molecular formula is C13H21NO3. The number of hydrogen-bond acceptors (Lipinski definition) is 4. The lowest BCUT2D eigenvalue weighted by Crippen LogP contribution is -2.20. The molecule has 4 nitrogen and oxygen atoms in total. The first kappa shape index (κ1) is 13.8. The summed E-state index contributed by atoms with van der Waals surface area (Å²) in [5.74, 6) is 1.51. The number of rotatable bonds is 6. The maximum atomic E-state index is 5.95. The van der Waals surface area contributed by atoms with Crippen LogP contribution in [-0.2, 0) is 4.74 Å². The van der Waals surface area contributed by atoms with E-state index >= 15 is 0 Å². The second-order valence-electron chi connectivity index (χ2n) is 4.04. The molecule has 0 bridgehead atoms. The summed E-state index contributed by atoms with van der Waals surface area (Å²) in [5, 5.41) is 0. The Kier molecular flexibility index (Phi) is 5.25. The number of hydrogen-bond donors (Lipinski definition) is 1. The summed E-state index contributed by atoms with van der Waals surface area (Å²) in [4.78, 5) is 0. The van der Waals surface area contributed by atoms with Gasteiger partial charge in [-0.1, -0.05) is 6.07 Å². The van der Waals surface area contributed by atoms with Crippen LogP contribution in [-0.4, -0.2) is 26.9 Å². The molecule has 1 rings (SSSR count). The first-order valence-electron chi connectivity index (χ1n) is 5.68. The highest BCUT2D eigenvalue weighted by atomic mass is 16.5. The van der Waals surface area contributed by atoms with E-state index in [-0.39, 0.29) is 12.1 Å². The van der Waals surface area contributed by atoms with E-state index < -0.39 is 0 Å². The lowest BCUT2D eigenvalue weighted by Gasteiger charge is -2.20. The van der Waals surface area contributed by atoms with E-state index in [9.17, 15) is 0 Å². The van der Waals surface area contributed by atoms with E-state index in [4.69, 9.17) is 19.9 Å². The molecule has 0 spiro atoms. The van der Waals surface area contributed by atoms with Crippen molar-refractivity contribution in [3.05, 3.63) is 23.8 Å². The van der Waals surface area contributed by atoms with Crippen LogP contribution in [0.3, 0.4) is 0 Å². The predicted octanol–water partition coefficient (Wildman–Crippen LogP) is 2.13. The molecule has 4 heteroatoms. The Balaban J connectivity index is 2.97. The minimum atomic E-state index is -0.143. The van der Waals surface area contributed by atoms with Crippen molar-refractivity contribution in [3.63, 3.8) is 0 Å². The van der Waals surface area contributed by atoms with E-state index in [0.717, 1.165) is 17.1 Å². The maximum Gasteiger partial charge on any atom is 0.128 e. The van der Waals surface area contributed by atoms with E-state index in [2.05, 4.69) is 0 Å². The van der Waals surface area contributed by atoms with Crippen molar-refractivity contribution in [1.82, 2.24) is 0 Å². The third kappa shape index (κ3) is 3.61. The first-order chi connectivity index (χ1) is 8.10. The van der Waals surface area contributed by atoms with Crippen molar-refractivity contribution >= 4 is 0 Å². The molecule has 2 unspecified atom stereocenters. The van der Waals surface area contributed by atoms with Gasteiger partial charge in [0.25, 0.3) is 0 Å². The summed E-state index contributed by atoms with van der Waals surface area (Å²) in [5.41, 5.74) is 6.84. The Morgan fingerprint density at radius 3 is 2.35 bits per heavy atom. The van der Waals surface area contributed by atoms with Gasteiger partial charge in [-0.05, 0) is 26.0 Å². The molecule has 0 saturated carbocycles. The highest BCUT2D eigenvalue weighted by Gasteiger charge is 2.16. The van der Waals surface area contributed by atoms with Gasteiger partial charge in [0, 0.05) is 13.2 Å². The molecule has 1 aromatic rings. The van der Waals surface area contributed by atoms with Crippen molar-refractivity contribution < 1.29 is 14.2 Å². The van der Waals surface area contributed by atoms with Gasteiger partial charge in [0.1, 0.15) is 17.6 Å². The fourth-order valence-corrected chi connectivity index (χ4v) is 1.74. The second-order valence-corrected chi connectivity index (χ2v) is 4.04. The third-order valence-corrected chi connectivity index (χ3v) is 2.43. The number of ether oxygens (including phenoxy) is 3. The molecule has 0 aliphatic rings. The van der Waals surface area contributed by atoms with Crippen LogP contribution >= 0.6 is 0 Å². The molecule has 0 aliphatic heterocycles. The van der Waals surface area contributed by atoms with Crippen molar-refractivity contribution in [2.45, 2.75) is 26.0 Å². The second kappa shape index (κ2) is 6.47. The SMILES string of the molecule is COCC(C)Oc1cccc(OC)c1C(C)N. The van der Waals surface area contributed by atoms with Crippen LogP contribution in [0.4, 0.5) is 0 Å². The summed E-state index contributed by atoms with van der Waals surface area (Å²) in [6.45, 7) is 4.40. The molecule has 1 aromatic carbocycles. The first-order valence-corrected chi connectivity index (χ1v) is 5.68. The summed E-state index contributed by atoms with van der Waals surface area (Å²) in [6.07, 6.45) is -0.0235. The van der Waals surface area contributed by atoms with Crippen LogP contribution < -0.4 is 15.2 Å². The van der Waals surface area contributed by atoms with Gasteiger partial charge in [-0.15, -0.1) is 0 Å². The average molecular weight is 239 g/mol. The zero-order valence-corrected chi connectivity index (χ0v) is 10.9. The number of methoxy groups -OCH3 is 2. The largest absolute Gasteiger partial charge is 0.496 e. The average Bonchev–Trinajstić information content (AvgIpc) is 2.28. The van der Waals surface area contributed by atoms with Gasteiger partial charge in [-0.2, -0.15) is 0 Å². The van der Waals surface area contributed by atoms with Gasteiger partial charge in [0.15, 0.2) is 0 Å². The van der Waals surface area contributed by atoms with Gasteiger partial charge >= 0.3 is 0 Å². The minimum absolute atomic E-state index is 0.0235. The fourth-order valence-electron chi connectivity index (χ4n) is 1.74. The maximum absolute atomic E-state index is 5.95. The van der Waals surface area contributed by atoms with Crippen molar-refractivity contribution in [3.8, 4) is 11.5 Å². The summed E-state index contributed by atoms with van der Waals surface area (Å²) < 4.78 is 16.1. The van der Waals surface area contributed by atoms with Crippen LogP contribution in [0.5, 0.6) is 11.5 Å². The molecule has 17 heavy (non-hydrogen) atoms. The Morgan fingerprint density at radius 2 is 1.82 bits per heavy atom. The molecule has 2 atom stereocenters. The van der Waals surface area contributed by atoms with Crippen LogP contribution in [0.15, 0.2) is 18.2 Å². The molecule has 0 heterocycles. The van der Waals surface area contributed by atoms with Crippen LogP contribution in [0.1, 0.15) is 25.5 Å². The Bertz CT molecular complexity index is 353. The number of benzene rings is 1. The lowest BCUT2D eigenvalue weighted by atomic mass is 10.1. The van der Waals surface area contributed by atoms with Gasteiger partial charge in [0.2, 0.25) is 0 Å². The smallest absolute Gasteiger partial charge is 0.128 e. The van der Waals surface area contributed by atoms with E-state index in [1.54, 1.807) is 14.2 Å². The molecule has 0 saturated heterocycles. The molecule has 96 valence electrons. The minimum Gasteiger partial charge on any atom is -0.496 e. The monoisotopic (exact) mass is 239 g/mol. The zero-order valence-electron chi connectivity index (χ0n) is 10.9. The molecular weight excluding hydrogens is 218 g/mol. The topological polar surface area (TPSA) is 53.7 Å². The Morgan fingerprint density at radius 1 is 1.18 bits per heavy atom. The van der Waals surface area contributed by atoms with Crippen LogP contribution in [0.2, 0.25) is 0 Å². The van der Waals surface area contributed by atoms with E-state index in [0.29, 0.717) is 6.61 Å². The van der Waals surface area contributed by atoms with Crippen LogP contribution in [0, 0.1) is 0 Å². The van der Waals surface area contributed by atoms with Crippen LogP contribution in [0.25, 0.3) is 0 Å². The Hall–Kier alpha value is -1.26. The number of nitrogens with two attached hydrogens (primary N) is 1. The van der Waals surface area contributed by atoms with Gasteiger partial charge < -0.3 is 19.9 Å². The van der Waals surface area contributed by atoms with Crippen molar-refractivity contribution in [2.24, 2.45) is 5.73 Å². The highest BCUT2D eigenvalue weighted by molar-refractivity contribution is 5.46. The van der Waals surface area contributed by atoms with Gasteiger partial charge in [-0.3, -0.25) is 0 Å². The van der Waals surface area contributed by atoms with E-state index in [1.165, 1.54) is 0 Å². The third-order valence-electron chi connectivity index (χ3n) is 2.43. The predicted molar refractivity (Wildman–Crippen MR) is 67.6 cm³/mol. The normalized spacial score (nSPS) is 14.2. The standard InChI is InChI=1S/C13H21NO3/c1-9(8-15-3)17-12-7-5-6-11(16-4)13(12)10(2)14/h5-7,9-10H,8,14H2,1-4H3.